The molecule has 0 radical (unpaired) electrons. The Bertz CT molecular complexity index is 621. The molecule has 1 saturated heterocycles. The molecule has 0 bridgehead atoms. The number of hydrogen-bond donors (Lipinski definition) is 0. The summed E-state index contributed by atoms with van der Waals surface area (Å²) in [4.78, 5) is 25.3. The molecule has 0 atom stereocenters. The first kappa shape index (κ1) is 14.6. The summed E-state index contributed by atoms with van der Waals surface area (Å²) in [6, 6.07) is 3.41. The molecule has 0 aliphatic carbocycles. The van der Waals surface area contributed by atoms with Gasteiger partial charge in [0, 0.05) is 38.6 Å². The van der Waals surface area contributed by atoms with Gasteiger partial charge in [-0.05, 0) is 12.1 Å². The van der Waals surface area contributed by atoms with Crippen LogP contribution in [-0.2, 0) is 0 Å². The maximum absolute atomic E-state index is 12.4. The molecule has 0 N–H and O–H groups in total. The van der Waals surface area contributed by atoms with Crippen LogP contribution in [0, 0.1) is 0 Å². The Balaban J connectivity index is 1.64. The number of carbonyl (C=O) groups is 1. The van der Waals surface area contributed by atoms with Gasteiger partial charge < -0.3 is 9.80 Å². The quantitative estimate of drug-likeness (QED) is 0.841. The molecule has 2 aromatic rings. The predicted octanol–water partition coefficient (Wildman–Crippen LogP) is 2.81. The topological polar surface area (TPSA) is 49.3 Å². The molecule has 0 spiro atoms. The van der Waals surface area contributed by atoms with Crippen molar-refractivity contribution >= 4 is 46.4 Å². The molecular formula is C13H12Cl2N4OS. The van der Waals surface area contributed by atoms with Gasteiger partial charge in [-0.15, -0.1) is 11.3 Å². The Labute approximate surface area is 136 Å². The van der Waals surface area contributed by atoms with Gasteiger partial charge in [0.2, 0.25) is 5.95 Å². The molecule has 3 heterocycles. The van der Waals surface area contributed by atoms with Gasteiger partial charge in [0.1, 0.15) is 4.34 Å². The fraction of sp³-hybridized carbons (Fsp3) is 0.308. The van der Waals surface area contributed by atoms with Crippen molar-refractivity contribution in [2.45, 2.75) is 0 Å². The smallest absolute Gasteiger partial charge is 0.264 e. The first-order valence-corrected chi connectivity index (χ1v) is 7.98. The number of halogens is 2. The average Bonchev–Trinajstić information content (AvgIpc) is 2.87. The van der Waals surface area contributed by atoms with Crippen LogP contribution in [0.2, 0.25) is 9.36 Å². The van der Waals surface area contributed by atoms with Crippen LogP contribution in [0.1, 0.15) is 9.67 Å². The Morgan fingerprint density at radius 2 is 1.81 bits per heavy atom. The molecular weight excluding hydrogens is 331 g/mol. The lowest BCUT2D eigenvalue weighted by Gasteiger charge is -2.34. The summed E-state index contributed by atoms with van der Waals surface area (Å²) in [7, 11) is 0. The minimum absolute atomic E-state index is 0.0255. The Morgan fingerprint density at radius 1 is 1.14 bits per heavy atom. The summed E-state index contributed by atoms with van der Waals surface area (Å²) in [6.07, 6.45) is 3.44. The number of piperazine rings is 1. The third-order valence-corrected chi connectivity index (χ3v) is 5.11. The van der Waals surface area contributed by atoms with E-state index in [1.807, 2.05) is 0 Å². The number of thiophene rings is 1. The average molecular weight is 343 g/mol. The highest BCUT2D eigenvalue weighted by atomic mass is 35.5. The minimum Gasteiger partial charge on any atom is -0.337 e. The molecule has 2 aromatic heterocycles. The van der Waals surface area contributed by atoms with Crippen LogP contribution in [0.15, 0.2) is 24.5 Å². The van der Waals surface area contributed by atoms with Crippen molar-refractivity contribution in [3.8, 4) is 0 Å². The van der Waals surface area contributed by atoms with E-state index in [2.05, 4.69) is 14.9 Å². The number of aromatic nitrogens is 2. The van der Waals surface area contributed by atoms with Crippen molar-refractivity contribution in [1.29, 1.82) is 0 Å². The zero-order valence-electron chi connectivity index (χ0n) is 11.0. The second kappa shape index (κ2) is 6.17. The SMILES string of the molecule is O=C(c1cc(Cl)c(Cl)s1)N1CCN(c2ncccn2)CC1. The molecule has 1 fully saturated rings. The van der Waals surface area contributed by atoms with Gasteiger partial charge in [-0.25, -0.2) is 9.97 Å². The van der Waals surface area contributed by atoms with E-state index in [1.54, 1.807) is 29.4 Å². The van der Waals surface area contributed by atoms with E-state index < -0.39 is 0 Å². The molecule has 0 unspecified atom stereocenters. The second-order valence-corrected chi connectivity index (χ2v) is 6.62. The highest BCUT2D eigenvalue weighted by molar-refractivity contribution is 7.18. The third-order valence-electron chi connectivity index (χ3n) is 3.26. The van der Waals surface area contributed by atoms with Crippen molar-refractivity contribution in [1.82, 2.24) is 14.9 Å². The van der Waals surface area contributed by atoms with E-state index in [0.29, 0.717) is 46.4 Å². The van der Waals surface area contributed by atoms with Crippen molar-refractivity contribution in [2.75, 3.05) is 31.1 Å². The largest absolute Gasteiger partial charge is 0.337 e. The van der Waals surface area contributed by atoms with Gasteiger partial charge >= 0.3 is 0 Å². The number of hydrogen-bond acceptors (Lipinski definition) is 5. The highest BCUT2D eigenvalue weighted by Crippen LogP contribution is 2.32. The van der Waals surface area contributed by atoms with Crippen molar-refractivity contribution < 1.29 is 4.79 Å². The van der Waals surface area contributed by atoms with Crippen molar-refractivity contribution in [2.24, 2.45) is 0 Å². The number of rotatable bonds is 2. The Morgan fingerprint density at radius 3 is 2.38 bits per heavy atom. The zero-order valence-corrected chi connectivity index (χ0v) is 13.3. The normalized spacial score (nSPS) is 15.3. The van der Waals surface area contributed by atoms with E-state index >= 15 is 0 Å². The first-order chi connectivity index (χ1) is 10.1. The first-order valence-electron chi connectivity index (χ1n) is 6.41. The number of anilines is 1. The van der Waals surface area contributed by atoms with E-state index in [-0.39, 0.29) is 5.91 Å². The lowest BCUT2D eigenvalue weighted by Crippen LogP contribution is -2.49. The van der Waals surface area contributed by atoms with Gasteiger partial charge in [-0.1, -0.05) is 23.2 Å². The molecule has 0 aromatic carbocycles. The Kier molecular flexibility index (Phi) is 4.28. The molecule has 8 heteroatoms. The molecule has 1 aliphatic heterocycles. The van der Waals surface area contributed by atoms with E-state index in [9.17, 15) is 4.79 Å². The fourth-order valence-corrected chi connectivity index (χ4v) is 3.51. The molecule has 1 amide bonds. The van der Waals surface area contributed by atoms with Gasteiger partial charge in [0.15, 0.2) is 0 Å². The molecule has 21 heavy (non-hydrogen) atoms. The summed E-state index contributed by atoms with van der Waals surface area (Å²) >= 11 is 13.0. The molecule has 3 rings (SSSR count). The highest BCUT2D eigenvalue weighted by Gasteiger charge is 2.24. The maximum atomic E-state index is 12.4. The minimum atomic E-state index is -0.0255. The molecule has 1 aliphatic rings. The number of carbonyl (C=O) groups excluding carboxylic acids is 1. The monoisotopic (exact) mass is 342 g/mol. The van der Waals surface area contributed by atoms with Crippen LogP contribution in [0.25, 0.3) is 0 Å². The maximum Gasteiger partial charge on any atom is 0.264 e. The standard InChI is InChI=1S/C13H12Cl2N4OS/c14-9-8-10(21-11(9)15)12(20)18-4-6-19(7-5-18)13-16-2-1-3-17-13/h1-3,8H,4-7H2. The van der Waals surface area contributed by atoms with E-state index in [4.69, 9.17) is 23.2 Å². The summed E-state index contributed by atoms with van der Waals surface area (Å²) in [5, 5.41) is 0.432. The molecule has 5 nitrogen and oxygen atoms in total. The van der Waals surface area contributed by atoms with Crippen LogP contribution >= 0.6 is 34.5 Å². The van der Waals surface area contributed by atoms with Crippen LogP contribution in [0.3, 0.4) is 0 Å². The Hall–Kier alpha value is -1.37. The van der Waals surface area contributed by atoms with Crippen LogP contribution in [-0.4, -0.2) is 47.0 Å². The van der Waals surface area contributed by atoms with E-state index in [1.165, 1.54) is 11.3 Å². The van der Waals surface area contributed by atoms with Crippen LogP contribution in [0.4, 0.5) is 5.95 Å². The number of nitrogens with zero attached hydrogens (tertiary/aromatic N) is 4. The number of amides is 1. The van der Waals surface area contributed by atoms with Crippen LogP contribution < -0.4 is 4.90 Å². The molecule has 0 saturated carbocycles. The van der Waals surface area contributed by atoms with Crippen molar-refractivity contribution in [3.05, 3.63) is 38.8 Å². The van der Waals surface area contributed by atoms with E-state index in [0.717, 1.165) is 0 Å². The zero-order chi connectivity index (χ0) is 14.8. The summed E-state index contributed by atoms with van der Waals surface area (Å²) in [5.74, 6) is 0.675. The van der Waals surface area contributed by atoms with Gasteiger partial charge in [0.05, 0.1) is 9.90 Å². The summed E-state index contributed by atoms with van der Waals surface area (Å²) in [6.45, 7) is 2.68. The van der Waals surface area contributed by atoms with Gasteiger partial charge in [-0.2, -0.15) is 0 Å². The fourth-order valence-electron chi connectivity index (χ4n) is 2.17. The summed E-state index contributed by atoms with van der Waals surface area (Å²) < 4.78 is 0.455. The lowest BCUT2D eigenvalue weighted by molar-refractivity contribution is 0.0751. The lowest BCUT2D eigenvalue weighted by atomic mass is 10.3. The van der Waals surface area contributed by atoms with Crippen LogP contribution in [0.5, 0.6) is 0 Å². The predicted molar refractivity (Wildman–Crippen MR) is 84.5 cm³/mol. The van der Waals surface area contributed by atoms with Gasteiger partial charge in [-0.3, -0.25) is 4.79 Å². The van der Waals surface area contributed by atoms with Crippen molar-refractivity contribution in [3.63, 3.8) is 0 Å². The third kappa shape index (κ3) is 3.12. The molecule has 110 valence electrons. The second-order valence-electron chi connectivity index (χ2n) is 4.56. The van der Waals surface area contributed by atoms with Gasteiger partial charge in [0.25, 0.3) is 5.91 Å². The summed E-state index contributed by atoms with van der Waals surface area (Å²) in [5.41, 5.74) is 0.